The van der Waals surface area contributed by atoms with Crippen molar-refractivity contribution in [3.05, 3.63) is 271 Å². The Balaban J connectivity index is 0.000000185. The SMILES string of the molecule is CC(=O)Br.CCc1[nH]c(=O)c(C(C)C)c(C(=O)c2cc(C)cc(C#N)c2)c1CC1CC1.CCc1nc(OC)c(C(C)C)c(Br)c1CC1CC1.CCc1nc(OC)c(C(C)C)c(C(=O)c2cc(C)cc(C#N)c2)c1CC1CC1.CCc1nc(OC)c(C(C)C)c(C(O)c2cc(C)cc(C#N)c2)c1CC1CC1.Cc1cc(C#N)cc(C(=O)c2c(CC3CC3)c(CO)[nH]c(=O)c2C(C)C)c1. The molecule has 0 bridgehead atoms. The van der Waals surface area contributed by atoms with Crippen LogP contribution < -0.4 is 25.3 Å². The molecule has 9 aromatic rings. The highest BCUT2D eigenvalue weighted by Crippen LogP contribution is 2.47. The van der Waals surface area contributed by atoms with E-state index in [2.05, 4.69) is 128 Å². The zero-order valence-electron chi connectivity index (χ0n) is 81.4. The van der Waals surface area contributed by atoms with E-state index in [0.717, 1.165) is 147 Å². The Morgan fingerprint density at radius 1 is 0.409 bits per heavy atom. The number of ether oxygens (including phenoxy) is 3. The zero-order chi connectivity index (χ0) is 97.1. The molecule has 1 atom stereocenters. The average molecular weight is 1920 g/mol. The quantitative estimate of drug-likeness (QED) is 0.0232. The minimum Gasteiger partial charge on any atom is -0.481 e. The van der Waals surface area contributed by atoms with Gasteiger partial charge >= 0.3 is 0 Å². The maximum Gasteiger partial charge on any atom is 0.252 e. The Labute approximate surface area is 797 Å². The molecule has 0 spiro atoms. The molecule has 4 N–H and O–H groups in total. The molecule has 5 aliphatic rings. The number of benzene rings is 4. The number of H-pyrrole nitrogens is 2. The van der Waals surface area contributed by atoms with E-state index in [0.29, 0.717) is 121 Å². The molecule has 5 aliphatic carbocycles. The van der Waals surface area contributed by atoms with Crippen molar-refractivity contribution >= 4 is 53.9 Å². The standard InChI is InChI=1S/C24H30N2O2.C24H28N2O2.C23H26N2O2.C22H24N2O3.C15H22BrNO.C2H3BrO/c2*1-6-20-19(12-16-7-8-16)22(21(14(2)3)24(26-20)28-5)23(27)18-10-15(4)9-17(11-18)13-25;1-5-19-18(11-15-6-7-15)21(20(13(2)3)23(27)25-19)22(26)17-9-14(4)8-16(10-17)12-24;1-12(2)19-20(21(26)16-7-13(3)6-15(8-16)10-23)17(9-14-4-5-14)18(11-25)24-22(19)27;1-5-12-11(8-10-6-7-10)14(16)13(9(2)3)15(17-12)18-4;1-2(3)4/h9-11,14,16,23,27H,6-8,12H2,1-5H3;9-11,14,16H,6-8,12H2,1-5H3;8-10,13,15H,5-7,11H2,1-4H3,(H,25,27);6-8,12,14,25H,4-5,9,11H2,1-3H3,(H,24,27);9-10H,5-8H2,1-4H3;1H3. The average Bonchev–Trinajstić information content (AvgIpc) is 1.71. The Bertz CT molecular complexity index is 5880. The Hall–Kier alpha value is -10.9. The van der Waals surface area contributed by atoms with E-state index in [-0.39, 0.29) is 63.4 Å². The number of aromatic amines is 2. The van der Waals surface area contributed by atoms with Crippen LogP contribution in [0.1, 0.15) is 391 Å². The molecule has 5 heterocycles. The van der Waals surface area contributed by atoms with Crippen LogP contribution in [0, 0.1) is 103 Å². The highest BCUT2D eigenvalue weighted by molar-refractivity contribution is 9.18. The first-order valence-corrected chi connectivity index (χ1v) is 48.5. The molecule has 5 aromatic heterocycles. The highest BCUT2D eigenvalue weighted by Gasteiger charge is 2.37. The number of aromatic nitrogens is 5. The molecule has 132 heavy (non-hydrogen) atoms. The molecular formula is C110H133Br2N9O11. The molecule has 14 rings (SSSR count). The number of ketones is 3. The smallest absolute Gasteiger partial charge is 0.252 e. The van der Waals surface area contributed by atoms with Gasteiger partial charge in [0.2, 0.25) is 17.6 Å². The zero-order valence-corrected chi connectivity index (χ0v) is 84.5. The molecule has 1 unspecified atom stereocenters. The summed E-state index contributed by atoms with van der Waals surface area (Å²) in [5.74, 6) is 5.27. The number of aliphatic hydroxyl groups is 2. The molecule has 20 nitrogen and oxygen atoms in total. The fourth-order valence-electron chi connectivity index (χ4n) is 17.7. The van der Waals surface area contributed by atoms with Crippen molar-refractivity contribution in [1.82, 2.24) is 24.9 Å². The Kier molecular flexibility index (Phi) is 37.9. The highest BCUT2D eigenvalue weighted by atomic mass is 79.9. The van der Waals surface area contributed by atoms with Crippen LogP contribution in [-0.4, -0.2) is 78.5 Å². The number of nitrogens with one attached hydrogen (secondary N) is 2. The van der Waals surface area contributed by atoms with E-state index >= 15 is 0 Å². The van der Waals surface area contributed by atoms with E-state index < -0.39 is 6.10 Å². The Morgan fingerprint density at radius 3 is 1.02 bits per heavy atom. The first-order chi connectivity index (χ1) is 62.8. The lowest BCUT2D eigenvalue weighted by atomic mass is 9.84. The summed E-state index contributed by atoms with van der Waals surface area (Å²) in [5.41, 5.74) is 23.8. The summed E-state index contributed by atoms with van der Waals surface area (Å²) in [6.45, 7) is 37.5. The van der Waals surface area contributed by atoms with Crippen molar-refractivity contribution in [1.29, 1.82) is 21.0 Å². The lowest BCUT2D eigenvalue weighted by molar-refractivity contribution is -0.108. The first-order valence-electron chi connectivity index (χ1n) is 47.0. The van der Waals surface area contributed by atoms with Crippen molar-refractivity contribution in [3.63, 3.8) is 0 Å². The second-order valence-electron chi connectivity index (χ2n) is 37.7. The van der Waals surface area contributed by atoms with Crippen molar-refractivity contribution in [3.8, 4) is 41.9 Å². The number of rotatable bonds is 31. The minimum absolute atomic E-state index is 0.0208. The van der Waals surface area contributed by atoms with Crippen LogP contribution in [0.25, 0.3) is 0 Å². The van der Waals surface area contributed by atoms with Gasteiger partial charge < -0.3 is 34.4 Å². The minimum atomic E-state index is -0.805. The largest absolute Gasteiger partial charge is 0.481 e. The van der Waals surface area contributed by atoms with Crippen molar-refractivity contribution in [2.75, 3.05) is 21.3 Å². The predicted octanol–water partition coefficient (Wildman–Crippen LogP) is 23.3. The van der Waals surface area contributed by atoms with Crippen molar-refractivity contribution < 1.29 is 43.6 Å². The molecule has 5 saturated carbocycles. The third kappa shape index (κ3) is 27.0. The number of hydrogen-bond donors (Lipinski definition) is 4. The molecule has 698 valence electrons. The maximum atomic E-state index is 13.8. The van der Waals surface area contributed by atoms with E-state index in [4.69, 9.17) is 29.2 Å². The van der Waals surface area contributed by atoms with Gasteiger partial charge in [0, 0.05) is 101 Å². The van der Waals surface area contributed by atoms with E-state index in [1.165, 1.54) is 91.6 Å². The second kappa shape index (κ2) is 47.7. The second-order valence-corrected chi connectivity index (χ2v) is 39.6. The van der Waals surface area contributed by atoms with E-state index in [1.807, 2.05) is 80.5 Å². The number of nitrogens with zero attached hydrogens (tertiary/aromatic N) is 7. The Morgan fingerprint density at radius 2 is 0.697 bits per heavy atom. The van der Waals surface area contributed by atoms with Crippen LogP contribution in [0.5, 0.6) is 17.6 Å². The van der Waals surface area contributed by atoms with Crippen LogP contribution in [0.2, 0.25) is 0 Å². The summed E-state index contributed by atoms with van der Waals surface area (Å²) >= 11 is 6.43. The monoisotopic (exact) mass is 1910 g/mol. The topological polar surface area (TPSA) is 336 Å². The number of nitriles is 4. The fourth-order valence-corrected chi connectivity index (χ4v) is 18.7. The van der Waals surface area contributed by atoms with Crippen molar-refractivity contribution in [2.24, 2.45) is 29.6 Å². The first kappa shape index (κ1) is 105. The summed E-state index contributed by atoms with van der Waals surface area (Å²) in [7, 11) is 4.97. The number of carbonyl (C=O) groups excluding carboxylic acids is 4. The molecule has 4 aromatic carbocycles. The van der Waals surface area contributed by atoms with Crippen molar-refractivity contribution in [2.45, 2.75) is 296 Å². The van der Waals surface area contributed by atoms with Crippen LogP contribution in [0.4, 0.5) is 0 Å². The molecule has 0 saturated heterocycles. The molecule has 0 aliphatic heterocycles. The summed E-state index contributed by atoms with van der Waals surface area (Å²) in [5, 5.41) is 58.5. The number of pyridine rings is 5. The normalized spacial score (nSPS) is 13.8. The maximum absolute atomic E-state index is 13.8. The lowest BCUT2D eigenvalue weighted by Gasteiger charge is -2.26. The number of aryl methyl sites for hydroxylation is 8. The molecular weight excluding hydrogens is 1780 g/mol. The predicted molar refractivity (Wildman–Crippen MR) is 528 cm³/mol. The number of carbonyl (C=O) groups is 4. The van der Waals surface area contributed by atoms with Gasteiger partial charge in [-0.3, -0.25) is 28.8 Å². The van der Waals surface area contributed by atoms with Gasteiger partial charge in [-0.15, -0.1) is 0 Å². The van der Waals surface area contributed by atoms with Crippen LogP contribution in [0.3, 0.4) is 0 Å². The van der Waals surface area contributed by atoms with Gasteiger partial charge in [-0.1, -0.05) is 103 Å². The summed E-state index contributed by atoms with van der Waals surface area (Å²) in [4.78, 5) is 95.7. The van der Waals surface area contributed by atoms with Crippen LogP contribution in [-0.2, 0) is 69.2 Å². The summed E-state index contributed by atoms with van der Waals surface area (Å²) < 4.78 is 17.9. The van der Waals surface area contributed by atoms with Crippen LogP contribution >= 0.6 is 31.9 Å². The molecule has 22 heteroatoms. The number of aliphatic hydroxyl groups excluding tert-OH is 2. The van der Waals surface area contributed by atoms with Crippen LogP contribution in [0.15, 0.2) is 86.9 Å². The number of hydrogen-bond acceptors (Lipinski definition) is 18. The molecule has 0 amide bonds. The molecule has 5 fully saturated rings. The van der Waals surface area contributed by atoms with Gasteiger partial charge in [-0.05, 0) is 369 Å². The number of halogens is 2. The van der Waals surface area contributed by atoms with Gasteiger partial charge in [0.25, 0.3) is 11.1 Å². The van der Waals surface area contributed by atoms with Gasteiger partial charge in [0.05, 0.1) is 74.5 Å². The number of methoxy groups -OCH3 is 3. The fraction of sp³-hybridized carbons (Fsp3) is 0.482. The van der Waals surface area contributed by atoms with E-state index in [1.54, 1.807) is 75.9 Å². The van der Waals surface area contributed by atoms with Gasteiger partial charge in [-0.2, -0.15) is 21.0 Å². The summed E-state index contributed by atoms with van der Waals surface area (Å²) in [6, 6.07) is 29.8. The third-order valence-electron chi connectivity index (χ3n) is 24.9. The van der Waals surface area contributed by atoms with Gasteiger partial charge in [0.15, 0.2) is 22.0 Å². The third-order valence-corrected chi connectivity index (χ3v) is 25.8. The molecule has 0 radical (unpaired) electrons. The lowest BCUT2D eigenvalue weighted by Crippen LogP contribution is -2.25. The van der Waals surface area contributed by atoms with Gasteiger partial charge in [0.1, 0.15) is 6.10 Å². The summed E-state index contributed by atoms with van der Waals surface area (Å²) in [6.07, 6.45) is 19.1. The van der Waals surface area contributed by atoms with Gasteiger partial charge in [-0.25, -0.2) is 15.0 Å². The van der Waals surface area contributed by atoms with E-state index in [9.17, 15) is 60.0 Å².